The lowest BCUT2D eigenvalue weighted by molar-refractivity contribution is 0.0466. The summed E-state index contributed by atoms with van der Waals surface area (Å²) in [6.45, 7) is 10.4. The third kappa shape index (κ3) is 4.17. The maximum absolute atomic E-state index is 6.08. The summed E-state index contributed by atoms with van der Waals surface area (Å²) in [7, 11) is 0. The van der Waals surface area contributed by atoms with Gasteiger partial charge in [-0.1, -0.05) is 6.42 Å². The molecular formula is C17H28N4O. The fourth-order valence-electron chi connectivity index (χ4n) is 3.43. The molecule has 0 saturated carbocycles. The van der Waals surface area contributed by atoms with Gasteiger partial charge in [-0.25, -0.2) is 9.97 Å². The van der Waals surface area contributed by atoms with E-state index < -0.39 is 0 Å². The van der Waals surface area contributed by atoms with Crippen LogP contribution in [0.2, 0.25) is 0 Å². The van der Waals surface area contributed by atoms with Crippen molar-refractivity contribution < 1.29 is 4.74 Å². The number of likely N-dealkylation sites (tertiary alicyclic amines) is 1. The first kappa shape index (κ1) is 15.7. The normalized spacial score (nSPS) is 23.2. The van der Waals surface area contributed by atoms with Crippen LogP contribution in [0, 0.1) is 13.8 Å². The molecule has 122 valence electrons. The summed E-state index contributed by atoms with van der Waals surface area (Å²) >= 11 is 0. The van der Waals surface area contributed by atoms with Gasteiger partial charge in [0.2, 0.25) is 5.95 Å². The largest absolute Gasteiger partial charge is 0.375 e. The molecular weight excluding hydrogens is 276 g/mol. The van der Waals surface area contributed by atoms with E-state index in [1.807, 2.05) is 19.9 Å². The summed E-state index contributed by atoms with van der Waals surface area (Å²) in [5.74, 6) is 0.861. The van der Waals surface area contributed by atoms with Crippen molar-refractivity contribution in [2.75, 3.05) is 44.2 Å². The molecule has 1 unspecified atom stereocenters. The van der Waals surface area contributed by atoms with Gasteiger partial charge >= 0.3 is 0 Å². The standard InChI is InChI=1S/C17H28N4O/c1-14-12-15(2)19-17(18-14)21-9-6-16(13-21)22-11-10-20-7-4-3-5-8-20/h12,16H,3-11,13H2,1-2H3. The Morgan fingerprint density at radius 1 is 1.09 bits per heavy atom. The lowest BCUT2D eigenvalue weighted by atomic mass is 10.1. The summed E-state index contributed by atoms with van der Waals surface area (Å²) in [6.07, 6.45) is 5.50. The van der Waals surface area contributed by atoms with Gasteiger partial charge in [-0.2, -0.15) is 0 Å². The molecule has 0 aliphatic carbocycles. The lowest BCUT2D eigenvalue weighted by Gasteiger charge is -2.26. The zero-order valence-electron chi connectivity index (χ0n) is 13.9. The zero-order chi connectivity index (χ0) is 15.4. The van der Waals surface area contributed by atoms with Crippen LogP contribution in [0.1, 0.15) is 37.1 Å². The molecule has 2 aliphatic heterocycles. The van der Waals surface area contributed by atoms with E-state index in [2.05, 4.69) is 19.8 Å². The number of rotatable bonds is 5. The van der Waals surface area contributed by atoms with Crippen LogP contribution in [0.25, 0.3) is 0 Å². The molecule has 22 heavy (non-hydrogen) atoms. The van der Waals surface area contributed by atoms with Crippen molar-refractivity contribution in [2.45, 2.75) is 45.6 Å². The lowest BCUT2D eigenvalue weighted by Crippen LogP contribution is -2.34. The Balaban J connectivity index is 1.43. The van der Waals surface area contributed by atoms with E-state index in [1.54, 1.807) is 0 Å². The zero-order valence-corrected chi connectivity index (χ0v) is 13.9. The minimum absolute atomic E-state index is 0.328. The van der Waals surface area contributed by atoms with E-state index in [0.717, 1.165) is 50.0 Å². The minimum Gasteiger partial charge on any atom is -0.375 e. The second kappa shape index (κ2) is 7.38. The Hall–Kier alpha value is -1.20. The highest BCUT2D eigenvalue weighted by molar-refractivity contribution is 5.33. The van der Waals surface area contributed by atoms with Gasteiger partial charge in [-0.15, -0.1) is 0 Å². The van der Waals surface area contributed by atoms with Crippen LogP contribution in [0.15, 0.2) is 6.07 Å². The van der Waals surface area contributed by atoms with Crippen molar-refractivity contribution in [1.82, 2.24) is 14.9 Å². The molecule has 1 aromatic rings. The second-order valence-corrected chi connectivity index (χ2v) is 6.58. The molecule has 5 heteroatoms. The molecule has 1 aromatic heterocycles. The topological polar surface area (TPSA) is 41.5 Å². The van der Waals surface area contributed by atoms with Crippen LogP contribution in [-0.2, 0) is 4.74 Å². The van der Waals surface area contributed by atoms with Crippen LogP contribution < -0.4 is 4.90 Å². The Labute approximate surface area is 133 Å². The number of ether oxygens (including phenoxy) is 1. The monoisotopic (exact) mass is 304 g/mol. The van der Waals surface area contributed by atoms with Crippen molar-refractivity contribution in [3.63, 3.8) is 0 Å². The van der Waals surface area contributed by atoms with Gasteiger partial charge < -0.3 is 14.5 Å². The van der Waals surface area contributed by atoms with E-state index >= 15 is 0 Å². The molecule has 0 radical (unpaired) electrons. The van der Waals surface area contributed by atoms with Crippen molar-refractivity contribution in [2.24, 2.45) is 0 Å². The van der Waals surface area contributed by atoms with Gasteiger partial charge in [-0.05, 0) is 52.3 Å². The van der Waals surface area contributed by atoms with Crippen molar-refractivity contribution in [3.8, 4) is 0 Å². The first-order valence-corrected chi connectivity index (χ1v) is 8.62. The molecule has 5 nitrogen and oxygen atoms in total. The minimum atomic E-state index is 0.328. The van der Waals surface area contributed by atoms with Crippen molar-refractivity contribution in [3.05, 3.63) is 17.5 Å². The number of hydrogen-bond donors (Lipinski definition) is 0. The van der Waals surface area contributed by atoms with Crippen LogP contribution in [0.3, 0.4) is 0 Å². The smallest absolute Gasteiger partial charge is 0.225 e. The molecule has 2 fully saturated rings. The van der Waals surface area contributed by atoms with E-state index in [9.17, 15) is 0 Å². The molecule has 0 aromatic carbocycles. The number of anilines is 1. The van der Waals surface area contributed by atoms with Gasteiger partial charge in [0.25, 0.3) is 0 Å². The maximum Gasteiger partial charge on any atom is 0.225 e. The predicted octanol–water partition coefficient (Wildman–Crippen LogP) is 2.17. The van der Waals surface area contributed by atoms with Crippen LogP contribution >= 0.6 is 0 Å². The third-order valence-electron chi connectivity index (χ3n) is 4.61. The third-order valence-corrected chi connectivity index (χ3v) is 4.61. The Morgan fingerprint density at radius 3 is 2.55 bits per heavy atom. The fraction of sp³-hybridized carbons (Fsp3) is 0.765. The van der Waals surface area contributed by atoms with Crippen LogP contribution in [-0.4, -0.2) is 60.3 Å². The molecule has 0 spiro atoms. The molecule has 3 heterocycles. The quantitative estimate of drug-likeness (QED) is 0.834. The maximum atomic E-state index is 6.08. The van der Waals surface area contributed by atoms with E-state index in [-0.39, 0.29) is 0 Å². The molecule has 0 amide bonds. The summed E-state index contributed by atoms with van der Waals surface area (Å²) < 4.78 is 6.08. The predicted molar refractivity (Wildman–Crippen MR) is 88.4 cm³/mol. The molecule has 1 atom stereocenters. The highest BCUT2D eigenvalue weighted by Gasteiger charge is 2.25. The second-order valence-electron chi connectivity index (χ2n) is 6.58. The summed E-state index contributed by atoms with van der Waals surface area (Å²) in [4.78, 5) is 13.9. The summed E-state index contributed by atoms with van der Waals surface area (Å²) in [5.41, 5.74) is 2.08. The first-order valence-electron chi connectivity index (χ1n) is 8.62. The highest BCUT2D eigenvalue weighted by atomic mass is 16.5. The summed E-state index contributed by atoms with van der Waals surface area (Å²) in [5, 5.41) is 0. The molecule has 2 saturated heterocycles. The Kier molecular flexibility index (Phi) is 5.26. The molecule has 3 rings (SSSR count). The highest BCUT2D eigenvalue weighted by Crippen LogP contribution is 2.19. The first-order chi connectivity index (χ1) is 10.7. The number of hydrogen-bond acceptors (Lipinski definition) is 5. The van der Waals surface area contributed by atoms with E-state index in [0.29, 0.717) is 6.10 Å². The average Bonchev–Trinajstić information content (AvgIpc) is 2.96. The molecule has 0 bridgehead atoms. The number of piperidine rings is 1. The molecule has 0 N–H and O–H groups in total. The molecule has 2 aliphatic rings. The van der Waals surface area contributed by atoms with E-state index in [4.69, 9.17) is 4.74 Å². The van der Waals surface area contributed by atoms with Crippen molar-refractivity contribution >= 4 is 5.95 Å². The van der Waals surface area contributed by atoms with Crippen molar-refractivity contribution in [1.29, 1.82) is 0 Å². The van der Waals surface area contributed by atoms with Gasteiger partial charge in [0, 0.05) is 31.0 Å². The Bertz CT molecular complexity index is 467. The Morgan fingerprint density at radius 2 is 1.82 bits per heavy atom. The van der Waals surface area contributed by atoms with Gasteiger partial charge in [0.1, 0.15) is 0 Å². The average molecular weight is 304 g/mol. The van der Waals surface area contributed by atoms with Crippen LogP contribution in [0.4, 0.5) is 5.95 Å². The number of aromatic nitrogens is 2. The van der Waals surface area contributed by atoms with Gasteiger partial charge in [0.15, 0.2) is 0 Å². The van der Waals surface area contributed by atoms with Crippen LogP contribution in [0.5, 0.6) is 0 Å². The van der Waals surface area contributed by atoms with Gasteiger partial charge in [-0.3, -0.25) is 0 Å². The SMILES string of the molecule is Cc1cc(C)nc(N2CCC(OCCN3CCCCC3)C2)n1. The number of aryl methyl sites for hydroxylation is 2. The summed E-state index contributed by atoms with van der Waals surface area (Å²) in [6, 6.07) is 2.02. The fourth-order valence-corrected chi connectivity index (χ4v) is 3.43. The van der Waals surface area contributed by atoms with E-state index in [1.165, 1.54) is 32.4 Å². The number of nitrogens with zero attached hydrogens (tertiary/aromatic N) is 4. The van der Waals surface area contributed by atoms with Gasteiger partial charge in [0.05, 0.1) is 12.7 Å².